The molecule has 3 amide bonds. The molecular formula is C12H12N2O3S2. The van der Waals surface area contributed by atoms with Gasteiger partial charge >= 0.3 is 0 Å². The van der Waals surface area contributed by atoms with E-state index < -0.39 is 0 Å². The van der Waals surface area contributed by atoms with Crippen molar-refractivity contribution in [3.05, 3.63) is 22.4 Å². The van der Waals surface area contributed by atoms with E-state index in [1.54, 1.807) is 16.2 Å². The second-order valence-corrected chi connectivity index (χ2v) is 6.49. The van der Waals surface area contributed by atoms with Crippen molar-refractivity contribution in [1.82, 2.24) is 9.80 Å². The van der Waals surface area contributed by atoms with E-state index in [-0.39, 0.29) is 28.8 Å². The van der Waals surface area contributed by atoms with Gasteiger partial charge in [0.15, 0.2) is 0 Å². The van der Waals surface area contributed by atoms with Crippen LogP contribution < -0.4 is 0 Å². The summed E-state index contributed by atoms with van der Waals surface area (Å²) in [7, 11) is 0. The maximum Gasteiger partial charge on any atom is 0.289 e. The number of hydrogen-bond donors (Lipinski definition) is 0. The van der Waals surface area contributed by atoms with Gasteiger partial charge in [0.2, 0.25) is 11.8 Å². The van der Waals surface area contributed by atoms with E-state index in [0.717, 1.165) is 16.6 Å². The second kappa shape index (κ2) is 4.97. The highest BCUT2D eigenvalue weighted by Crippen LogP contribution is 2.26. The van der Waals surface area contributed by atoms with Crippen molar-refractivity contribution in [2.24, 2.45) is 0 Å². The van der Waals surface area contributed by atoms with E-state index in [1.807, 2.05) is 17.5 Å². The van der Waals surface area contributed by atoms with Crippen LogP contribution in [0.25, 0.3) is 0 Å². The van der Waals surface area contributed by atoms with Crippen molar-refractivity contribution < 1.29 is 14.4 Å². The largest absolute Gasteiger partial charge is 0.338 e. The van der Waals surface area contributed by atoms with Gasteiger partial charge in [-0.05, 0) is 11.4 Å². The third-order valence-corrected chi connectivity index (χ3v) is 4.98. The predicted molar refractivity (Wildman–Crippen MR) is 73.1 cm³/mol. The third-order valence-electron chi connectivity index (χ3n) is 3.27. The molecule has 2 aliphatic heterocycles. The molecule has 100 valence electrons. The molecule has 2 fully saturated rings. The lowest BCUT2D eigenvalue weighted by Crippen LogP contribution is -2.62. The van der Waals surface area contributed by atoms with E-state index in [9.17, 15) is 14.4 Å². The molecule has 3 heterocycles. The summed E-state index contributed by atoms with van der Waals surface area (Å²) >= 11 is 2.60. The Labute approximate surface area is 118 Å². The molecule has 19 heavy (non-hydrogen) atoms. The molecule has 0 spiro atoms. The van der Waals surface area contributed by atoms with Crippen LogP contribution in [0.5, 0.6) is 0 Å². The molecule has 2 saturated heterocycles. The van der Waals surface area contributed by atoms with Gasteiger partial charge in [-0.1, -0.05) is 17.8 Å². The van der Waals surface area contributed by atoms with Crippen molar-refractivity contribution in [2.45, 2.75) is 12.5 Å². The quantitative estimate of drug-likeness (QED) is 0.841. The number of nitrogens with zero attached hydrogens (tertiary/aromatic N) is 2. The minimum atomic E-state index is -0.180. The summed E-state index contributed by atoms with van der Waals surface area (Å²) in [5.74, 6) is 0.161. The molecule has 2 aliphatic rings. The zero-order valence-electron chi connectivity index (χ0n) is 10.1. The van der Waals surface area contributed by atoms with E-state index >= 15 is 0 Å². The highest BCUT2D eigenvalue weighted by atomic mass is 32.2. The summed E-state index contributed by atoms with van der Waals surface area (Å²) in [6, 6.07) is 3.73. The number of carbonyl (C=O) groups excluding carboxylic acids is 3. The van der Waals surface area contributed by atoms with Crippen LogP contribution >= 0.6 is 23.1 Å². The van der Waals surface area contributed by atoms with E-state index in [1.165, 1.54) is 4.90 Å². The molecule has 0 aliphatic carbocycles. The van der Waals surface area contributed by atoms with Gasteiger partial charge in [0.25, 0.3) is 5.24 Å². The molecule has 0 aromatic carbocycles. The molecule has 0 radical (unpaired) electrons. The van der Waals surface area contributed by atoms with Gasteiger partial charge in [0, 0.05) is 18.0 Å². The van der Waals surface area contributed by atoms with E-state index in [4.69, 9.17) is 0 Å². The zero-order chi connectivity index (χ0) is 13.4. The summed E-state index contributed by atoms with van der Waals surface area (Å²) < 4.78 is 0. The number of rotatable bonds is 3. The topological polar surface area (TPSA) is 57.7 Å². The number of imide groups is 1. The smallest absolute Gasteiger partial charge is 0.289 e. The molecule has 0 saturated carbocycles. The van der Waals surface area contributed by atoms with Crippen molar-refractivity contribution in [3.8, 4) is 0 Å². The fourth-order valence-corrected chi connectivity index (χ4v) is 3.69. The number of likely N-dealkylation sites (tertiary alicyclic amines) is 1. The van der Waals surface area contributed by atoms with Gasteiger partial charge in [0.05, 0.1) is 18.2 Å². The summed E-state index contributed by atoms with van der Waals surface area (Å²) in [4.78, 5) is 39.1. The SMILES string of the molecule is O=C(Cc1cccs1)N1CC(N2C(=O)CSC2=O)C1. The average Bonchev–Trinajstić information content (AvgIpc) is 2.91. The van der Waals surface area contributed by atoms with Crippen molar-refractivity contribution in [1.29, 1.82) is 0 Å². The van der Waals surface area contributed by atoms with Gasteiger partial charge in [-0.25, -0.2) is 0 Å². The van der Waals surface area contributed by atoms with Gasteiger partial charge in [-0.3, -0.25) is 19.3 Å². The lowest BCUT2D eigenvalue weighted by molar-refractivity contribution is -0.141. The Morgan fingerprint density at radius 2 is 2.16 bits per heavy atom. The number of hydrogen-bond acceptors (Lipinski definition) is 5. The number of thioether (sulfide) groups is 1. The van der Waals surface area contributed by atoms with Crippen molar-refractivity contribution >= 4 is 40.2 Å². The molecule has 1 aromatic heterocycles. The van der Waals surface area contributed by atoms with Gasteiger partial charge in [-0.15, -0.1) is 11.3 Å². The Bertz CT molecular complexity index is 507. The molecule has 5 nitrogen and oxygen atoms in total. The first-order valence-corrected chi connectivity index (χ1v) is 7.80. The van der Waals surface area contributed by atoms with Crippen LogP contribution in [0.15, 0.2) is 17.5 Å². The molecule has 7 heteroatoms. The number of carbonyl (C=O) groups is 3. The molecule has 0 N–H and O–H groups in total. The fourth-order valence-electron chi connectivity index (χ4n) is 2.21. The van der Waals surface area contributed by atoms with Crippen LogP contribution in [0.3, 0.4) is 0 Å². The Hall–Kier alpha value is -1.34. The predicted octanol–water partition coefficient (Wildman–Crippen LogP) is 1.20. The second-order valence-electron chi connectivity index (χ2n) is 4.53. The molecular weight excluding hydrogens is 284 g/mol. The number of amides is 3. The van der Waals surface area contributed by atoms with Gasteiger partial charge in [-0.2, -0.15) is 0 Å². The van der Waals surface area contributed by atoms with Crippen LogP contribution in [-0.2, 0) is 16.0 Å². The average molecular weight is 296 g/mol. The van der Waals surface area contributed by atoms with Gasteiger partial charge in [0.1, 0.15) is 0 Å². The maximum absolute atomic E-state index is 12.0. The Kier molecular flexibility index (Phi) is 3.32. The summed E-state index contributed by atoms with van der Waals surface area (Å²) in [6.45, 7) is 0.949. The third kappa shape index (κ3) is 2.40. The lowest BCUT2D eigenvalue weighted by Gasteiger charge is -2.42. The maximum atomic E-state index is 12.0. The van der Waals surface area contributed by atoms with Gasteiger partial charge < -0.3 is 4.90 Å². The highest BCUT2D eigenvalue weighted by Gasteiger charge is 2.43. The van der Waals surface area contributed by atoms with Crippen LogP contribution in [0, 0.1) is 0 Å². The first-order chi connectivity index (χ1) is 9.15. The minimum Gasteiger partial charge on any atom is -0.338 e. The molecule has 1 aromatic rings. The lowest BCUT2D eigenvalue weighted by atomic mass is 10.1. The Balaban J connectivity index is 1.54. The summed E-state index contributed by atoms with van der Waals surface area (Å²) in [6.07, 6.45) is 0.404. The van der Waals surface area contributed by atoms with Crippen LogP contribution in [0.4, 0.5) is 4.79 Å². The highest BCUT2D eigenvalue weighted by molar-refractivity contribution is 8.14. The zero-order valence-corrected chi connectivity index (χ0v) is 11.7. The minimum absolute atomic E-state index is 0.0606. The molecule has 0 unspecified atom stereocenters. The number of thiophene rings is 1. The molecule has 3 rings (SSSR count). The first-order valence-electron chi connectivity index (χ1n) is 5.94. The monoisotopic (exact) mass is 296 g/mol. The standard InChI is InChI=1S/C12H12N2O3S2/c15-10(4-9-2-1-3-18-9)13-5-8(6-13)14-11(16)7-19-12(14)17/h1-3,8H,4-7H2. The summed E-state index contributed by atoms with van der Waals surface area (Å²) in [5, 5.41) is 1.76. The van der Waals surface area contributed by atoms with E-state index in [2.05, 4.69) is 0 Å². The normalized spacial score (nSPS) is 20.0. The Morgan fingerprint density at radius 3 is 2.74 bits per heavy atom. The summed E-state index contributed by atoms with van der Waals surface area (Å²) in [5.41, 5.74) is 0. The fraction of sp³-hybridized carbons (Fsp3) is 0.417. The molecule has 0 atom stereocenters. The first kappa shape index (κ1) is 12.7. The van der Waals surface area contributed by atoms with E-state index in [0.29, 0.717) is 19.5 Å². The van der Waals surface area contributed by atoms with Crippen LogP contribution in [0.2, 0.25) is 0 Å². The Morgan fingerprint density at radius 1 is 1.37 bits per heavy atom. The van der Waals surface area contributed by atoms with Crippen molar-refractivity contribution in [3.63, 3.8) is 0 Å². The van der Waals surface area contributed by atoms with Crippen molar-refractivity contribution in [2.75, 3.05) is 18.8 Å². The van der Waals surface area contributed by atoms with Crippen LogP contribution in [0.1, 0.15) is 4.88 Å². The van der Waals surface area contributed by atoms with Crippen LogP contribution in [-0.4, -0.2) is 51.7 Å². The molecule has 0 bridgehead atoms.